The van der Waals surface area contributed by atoms with Gasteiger partial charge in [0.15, 0.2) is 0 Å². The van der Waals surface area contributed by atoms with Gasteiger partial charge in [-0.2, -0.15) is 0 Å². The van der Waals surface area contributed by atoms with Crippen molar-refractivity contribution >= 4 is 21.8 Å². The van der Waals surface area contributed by atoms with Crippen LogP contribution in [0.1, 0.15) is 68.6 Å². The van der Waals surface area contributed by atoms with Crippen molar-refractivity contribution in [3.63, 3.8) is 0 Å². The van der Waals surface area contributed by atoms with Crippen LogP contribution in [0.15, 0.2) is 28.7 Å². The van der Waals surface area contributed by atoms with Crippen molar-refractivity contribution in [1.82, 2.24) is 5.32 Å². The van der Waals surface area contributed by atoms with Gasteiger partial charge in [0, 0.05) is 16.6 Å². The average Bonchev–Trinajstić information content (AvgIpc) is 2.45. The average molecular weight is 340 g/mol. The van der Waals surface area contributed by atoms with Crippen LogP contribution >= 0.6 is 15.9 Å². The van der Waals surface area contributed by atoms with E-state index >= 15 is 0 Å². The summed E-state index contributed by atoms with van der Waals surface area (Å²) in [5.41, 5.74) is 0.721. The van der Waals surface area contributed by atoms with Crippen molar-refractivity contribution in [3.8, 4) is 0 Å². The second-order valence-electron chi connectivity index (χ2n) is 5.24. The third kappa shape index (κ3) is 7.68. The predicted octanol–water partition coefficient (Wildman–Crippen LogP) is 5.32. The fraction of sp³-hybridized carbons (Fsp3) is 0.588. The van der Waals surface area contributed by atoms with Crippen LogP contribution in [-0.2, 0) is 0 Å². The smallest absolute Gasteiger partial charge is 0.251 e. The fourth-order valence-electron chi connectivity index (χ4n) is 2.19. The van der Waals surface area contributed by atoms with Crippen molar-refractivity contribution in [2.24, 2.45) is 0 Å². The first-order valence-electron chi connectivity index (χ1n) is 7.78. The van der Waals surface area contributed by atoms with Gasteiger partial charge >= 0.3 is 0 Å². The van der Waals surface area contributed by atoms with Gasteiger partial charge in [-0.15, -0.1) is 0 Å². The third-order valence-corrected chi connectivity index (χ3v) is 3.90. The maximum absolute atomic E-state index is 11.9. The molecule has 1 aromatic rings. The molecule has 0 bridgehead atoms. The summed E-state index contributed by atoms with van der Waals surface area (Å²) in [4.78, 5) is 11.9. The molecule has 0 radical (unpaired) electrons. The highest BCUT2D eigenvalue weighted by Crippen LogP contribution is 2.11. The first-order valence-corrected chi connectivity index (χ1v) is 8.57. The summed E-state index contributed by atoms with van der Waals surface area (Å²) in [5.74, 6) is 0.0224. The van der Waals surface area contributed by atoms with E-state index in [4.69, 9.17) is 0 Å². The van der Waals surface area contributed by atoms with Gasteiger partial charge in [-0.25, -0.2) is 0 Å². The predicted molar refractivity (Wildman–Crippen MR) is 89.1 cm³/mol. The highest BCUT2D eigenvalue weighted by molar-refractivity contribution is 9.10. The molecule has 0 heterocycles. The number of carbonyl (C=O) groups is 1. The molecular weight excluding hydrogens is 314 g/mol. The normalized spacial score (nSPS) is 10.5. The Balaban J connectivity index is 2.02. The zero-order chi connectivity index (χ0) is 14.6. The standard InChI is InChI=1S/C17H26BrNO/c1-2-3-4-5-6-7-8-9-13-19-17(20)15-11-10-12-16(18)14-15/h10-12,14H,2-9,13H2,1H3,(H,19,20). The van der Waals surface area contributed by atoms with E-state index in [0.717, 1.165) is 23.0 Å². The summed E-state index contributed by atoms with van der Waals surface area (Å²) in [6.07, 6.45) is 10.3. The van der Waals surface area contributed by atoms with Crippen LogP contribution in [0.2, 0.25) is 0 Å². The molecule has 0 aliphatic carbocycles. The van der Waals surface area contributed by atoms with Crippen LogP contribution in [0.3, 0.4) is 0 Å². The summed E-state index contributed by atoms with van der Waals surface area (Å²) < 4.78 is 0.942. The maximum Gasteiger partial charge on any atom is 0.251 e. The molecule has 0 saturated carbocycles. The number of halogens is 1. The zero-order valence-corrected chi connectivity index (χ0v) is 14.0. The SMILES string of the molecule is CCCCCCCCCCNC(=O)c1cccc(Br)c1. The molecule has 0 spiro atoms. The maximum atomic E-state index is 11.9. The lowest BCUT2D eigenvalue weighted by molar-refractivity contribution is 0.0953. The lowest BCUT2D eigenvalue weighted by Gasteiger charge is -2.05. The number of rotatable bonds is 10. The van der Waals surface area contributed by atoms with Crippen LogP contribution in [0, 0.1) is 0 Å². The molecule has 1 N–H and O–H groups in total. The molecule has 0 aliphatic heterocycles. The molecule has 1 amide bonds. The number of unbranched alkanes of at least 4 members (excludes halogenated alkanes) is 7. The Morgan fingerprint density at radius 3 is 2.35 bits per heavy atom. The van der Waals surface area contributed by atoms with E-state index in [-0.39, 0.29) is 5.91 Å². The van der Waals surface area contributed by atoms with Crippen molar-refractivity contribution < 1.29 is 4.79 Å². The first-order chi connectivity index (χ1) is 9.74. The largest absolute Gasteiger partial charge is 0.352 e. The highest BCUT2D eigenvalue weighted by Gasteiger charge is 2.04. The molecule has 0 unspecified atom stereocenters. The molecule has 2 nitrogen and oxygen atoms in total. The van der Waals surface area contributed by atoms with Gasteiger partial charge in [0.25, 0.3) is 5.91 Å². The van der Waals surface area contributed by atoms with Gasteiger partial charge in [-0.3, -0.25) is 4.79 Å². The second kappa shape index (κ2) is 10.9. The van der Waals surface area contributed by atoms with Gasteiger partial charge in [0.05, 0.1) is 0 Å². The van der Waals surface area contributed by atoms with E-state index in [1.165, 1.54) is 44.9 Å². The Kier molecular flexibility index (Phi) is 9.38. The first kappa shape index (κ1) is 17.2. The van der Waals surface area contributed by atoms with Crippen molar-refractivity contribution in [2.75, 3.05) is 6.54 Å². The number of benzene rings is 1. The van der Waals surface area contributed by atoms with Crippen LogP contribution in [0.4, 0.5) is 0 Å². The molecule has 1 aromatic carbocycles. The van der Waals surface area contributed by atoms with E-state index in [1.54, 1.807) is 0 Å². The lowest BCUT2D eigenvalue weighted by atomic mass is 10.1. The zero-order valence-electron chi connectivity index (χ0n) is 12.5. The van der Waals surface area contributed by atoms with Gasteiger partial charge in [0.1, 0.15) is 0 Å². The van der Waals surface area contributed by atoms with Crippen molar-refractivity contribution in [2.45, 2.75) is 58.3 Å². The lowest BCUT2D eigenvalue weighted by Crippen LogP contribution is -2.24. The molecule has 20 heavy (non-hydrogen) atoms. The minimum atomic E-state index is 0.0224. The quantitative estimate of drug-likeness (QED) is 0.574. The number of hydrogen-bond donors (Lipinski definition) is 1. The summed E-state index contributed by atoms with van der Waals surface area (Å²) in [6, 6.07) is 7.50. The molecule has 0 atom stereocenters. The third-order valence-electron chi connectivity index (χ3n) is 3.40. The van der Waals surface area contributed by atoms with Crippen LogP contribution in [0.25, 0.3) is 0 Å². The number of hydrogen-bond acceptors (Lipinski definition) is 1. The van der Waals surface area contributed by atoms with Crippen LogP contribution < -0.4 is 5.32 Å². The van der Waals surface area contributed by atoms with Gasteiger partial charge in [-0.1, -0.05) is 73.9 Å². The number of nitrogens with one attached hydrogen (secondary N) is 1. The Labute approximate surface area is 131 Å². The molecule has 3 heteroatoms. The Morgan fingerprint density at radius 1 is 1.05 bits per heavy atom. The molecule has 1 rings (SSSR count). The summed E-state index contributed by atoms with van der Waals surface area (Å²) in [6.45, 7) is 3.02. The van der Waals surface area contributed by atoms with Crippen LogP contribution in [-0.4, -0.2) is 12.5 Å². The van der Waals surface area contributed by atoms with E-state index in [2.05, 4.69) is 28.2 Å². The minimum absolute atomic E-state index is 0.0224. The summed E-state index contributed by atoms with van der Waals surface area (Å²) in [5, 5.41) is 2.98. The summed E-state index contributed by atoms with van der Waals surface area (Å²) >= 11 is 3.38. The monoisotopic (exact) mass is 339 g/mol. The Morgan fingerprint density at radius 2 is 1.70 bits per heavy atom. The highest BCUT2D eigenvalue weighted by atomic mass is 79.9. The van der Waals surface area contributed by atoms with Crippen LogP contribution in [0.5, 0.6) is 0 Å². The molecule has 0 saturated heterocycles. The van der Waals surface area contributed by atoms with E-state index in [1.807, 2.05) is 24.3 Å². The molecular formula is C17H26BrNO. The topological polar surface area (TPSA) is 29.1 Å². The molecule has 0 fully saturated rings. The fourth-order valence-corrected chi connectivity index (χ4v) is 2.59. The van der Waals surface area contributed by atoms with Crippen molar-refractivity contribution in [1.29, 1.82) is 0 Å². The summed E-state index contributed by atoms with van der Waals surface area (Å²) in [7, 11) is 0. The Hall–Kier alpha value is -0.830. The second-order valence-corrected chi connectivity index (χ2v) is 6.16. The Bertz CT molecular complexity index is 392. The van der Waals surface area contributed by atoms with E-state index in [0.29, 0.717) is 0 Å². The van der Waals surface area contributed by atoms with E-state index in [9.17, 15) is 4.79 Å². The molecule has 112 valence electrons. The van der Waals surface area contributed by atoms with Gasteiger partial charge in [-0.05, 0) is 24.6 Å². The number of amides is 1. The van der Waals surface area contributed by atoms with Gasteiger partial charge in [0.2, 0.25) is 0 Å². The minimum Gasteiger partial charge on any atom is -0.352 e. The number of carbonyl (C=O) groups excluding carboxylic acids is 1. The van der Waals surface area contributed by atoms with Crippen molar-refractivity contribution in [3.05, 3.63) is 34.3 Å². The molecule has 0 aromatic heterocycles. The molecule has 0 aliphatic rings. The van der Waals surface area contributed by atoms with E-state index < -0.39 is 0 Å². The van der Waals surface area contributed by atoms with Gasteiger partial charge < -0.3 is 5.32 Å².